The lowest BCUT2D eigenvalue weighted by Crippen LogP contribution is -2.04. The van der Waals surface area contributed by atoms with E-state index in [2.05, 4.69) is 15.9 Å². The predicted molar refractivity (Wildman–Crippen MR) is 45.5 cm³/mol. The maximum Gasteiger partial charge on any atom is 0.179 e. The highest BCUT2D eigenvalue weighted by atomic mass is 79.9. The highest BCUT2D eigenvalue weighted by molar-refractivity contribution is 9.10. The first kappa shape index (κ1) is 8.43. The molecule has 0 aliphatic carbocycles. The summed E-state index contributed by atoms with van der Waals surface area (Å²) in [6, 6.07) is 6.87. The van der Waals surface area contributed by atoms with Gasteiger partial charge >= 0.3 is 0 Å². The van der Waals surface area contributed by atoms with Crippen molar-refractivity contribution in [3.63, 3.8) is 0 Å². The van der Waals surface area contributed by atoms with Gasteiger partial charge in [0.1, 0.15) is 0 Å². The highest BCUT2D eigenvalue weighted by Gasteiger charge is 2.01. The quantitative estimate of drug-likeness (QED) is 0.687. The van der Waals surface area contributed by atoms with Crippen molar-refractivity contribution in [1.29, 1.82) is 0 Å². The van der Waals surface area contributed by atoms with Gasteiger partial charge in [-0.1, -0.05) is 28.1 Å². The van der Waals surface area contributed by atoms with Gasteiger partial charge in [0.15, 0.2) is 5.78 Å². The normalized spacial score (nSPS) is 9.64. The first-order valence-corrected chi connectivity index (χ1v) is 3.93. The fourth-order valence-electron chi connectivity index (χ4n) is 0.727. The molecule has 11 heavy (non-hydrogen) atoms. The molecule has 0 fully saturated rings. The topological polar surface area (TPSA) is 39.4 Å². The number of carbonyl (C=O) groups excluding carboxylic acids is 1. The standard InChI is InChI=1S/C8H6BrNO/c9-7-3-1-6(2-4-7)8(11)5-10/h1-4H,5H2. The lowest BCUT2D eigenvalue weighted by molar-refractivity contribution is 0.0999. The molecule has 56 valence electrons. The Morgan fingerprint density at radius 2 is 1.91 bits per heavy atom. The van der Waals surface area contributed by atoms with Crippen LogP contribution in [0.5, 0.6) is 0 Å². The molecule has 1 aromatic carbocycles. The largest absolute Gasteiger partial charge is 0.293 e. The Hall–Kier alpha value is -0.670. The van der Waals surface area contributed by atoms with Gasteiger partial charge in [-0.2, -0.15) is 0 Å². The fraction of sp³-hybridized carbons (Fsp3) is 0.125. The molecule has 0 saturated carbocycles. The highest BCUT2D eigenvalue weighted by Crippen LogP contribution is 2.10. The van der Waals surface area contributed by atoms with E-state index in [1.165, 1.54) is 0 Å². The molecule has 0 saturated heterocycles. The van der Waals surface area contributed by atoms with Gasteiger partial charge in [0, 0.05) is 10.0 Å². The van der Waals surface area contributed by atoms with Crippen LogP contribution in [0.25, 0.3) is 0 Å². The second-order valence-corrected chi connectivity index (χ2v) is 3.00. The van der Waals surface area contributed by atoms with E-state index >= 15 is 0 Å². The maximum atomic E-state index is 10.9. The van der Waals surface area contributed by atoms with Crippen LogP contribution in [-0.4, -0.2) is 12.3 Å². The van der Waals surface area contributed by atoms with Crippen LogP contribution in [0, 0.1) is 0 Å². The van der Waals surface area contributed by atoms with Crippen LogP contribution in [0.3, 0.4) is 0 Å². The van der Waals surface area contributed by atoms with Crippen LogP contribution in [0.4, 0.5) is 0 Å². The van der Waals surface area contributed by atoms with Gasteiger partial charge < -0.3 is 0 Å². The molecule has 0 spiro atoms. The predicted octanol–water partition coefficient (Wildman–Crippen LogP) is 1.70. The van der Waals surface area contributed by atoms with E-state index in [9.17, 15) is 4.79 Å². The second-order valence-electron chi connectivity index (χ2n) is 2.09. The summed E-state index contributed by atoms with van der Waals surface area (Å²) in [6.45, 7) is -0.429. The molecule has 0 aliphatic heterocycles. The Morgan fingerprint density at radius 1 is 1.36 bits per heavy atom. The molecule has 1 rings (SSSR count). The Labute approximate surface area is 73.5 Å². The Kier molecular flexibility index (Phi) is 2.79. The molecule has 0 unspecified atom stereocenters. The van der Waals surface area contributed by atoms with E-state index in [1.54, 1.807) is 24.3 Å². The summed E-state index contributed by atoms with van der Waals surface area (Å²) in [7, 11) is 0. The number of nitrogens with zero attached hydrogens (tertiary/aromatic N) is 1. The van der Waals surface area contributed by atoms with E-state index in [0.29, 0.717) is 5.56 Å². The summed E-state index contributed by atoms with van der Waals surface area (Å²) in [5.41, 5.74) is 9.03. The molecule has 2 radical (unpaired) electrons. The number of Topliss-reactive ketones (excluding diaryl/α,β-unsaturated/α-hetero) is 1. The SMILES string of the molecule is [N]CC(=O)c1ccc(Br)cc1. The van der Waals surface area contributed by atoms with Crippen molar-refractivity contribution in [1.82, 2.24) is 5.73 Å². The van der Waals surface area contributed by atoms with Crippen molar-refractivity contribution in [2.75, 3.05) is 6.54 Å². The van der Waals surface area contributed by atoms with Gasteiger partial charge in [0.2, 0.25) is 0 Å². The van der Waals surface area contributed by atoms with E-state index < -0.39 is 6.54 Å². The number of hydrogen-bond acceptors (Lipinski definition) is 1. The molecule has 0 atom stereocenters. The molecule has 0 heterocycles. The molecule has 0 N–H and O–H groups in total. The van der Waals surface area contributed by atoms with Crippen LogP contribution in [0.1, 0.15) is 10.4 Å². The average Bonchev–Trinajstić information content (AvgIpc) is 2.05. The van der Waals surface area contributed by atoms with Crippen molar-refractivity contribution in [2.45, 2.75) is 0 Å². The third-order valence-corrected chi connectivity index (χ3v) is 1.84. The summed E-state index contributed by atoms with van der Waals surface area (Å²) in [5, 5.41) is 0. The van der Waals surface area contributed by atoms with E-state index in [1.807, 2.05) is 0 Å². The van der Waals surface area contributed by atoms with Crippen LogP contribution in [0.15, 0.2) is 28.7 Å². The van der Waals surface area contributed by atoms with Crippen molar-refractivity contribution in [2.24, 2.45) is 0 Å². The number of halogens is 1. The van der Waals surface area contributed by atoms with Crippen LogP contribution >= 0.6 is 15.9 Å². The minimum Gasteiger partial charge on any atom is -0.293 e. The maximum absolute atomic E-state index is 10.9. The molecular weight excluding hydrogens is 206 g/mol. The first-order valence-electron chi connectivity index (χ1n) is 3.13. The van der Waals surface area contributed by atoms with Gasteiger partial charge in [-0.3, -0.25) is 4.79 Å². The summed E-state index contributed by atoms with van der Waals surface area (Å²) < 4.78 is 0.923. The Balaban J connectivity index is 2.90. The summed E-state index contributed by atoms with van der Waals surface area (Å²) >= 11 is 3.24. The Bertz CT molecular complexity index is 255. The van der Waals surface area contributed by atoms with Crippen molar-refractivity contribution < 1.29 is 4.79 Å². The van der Waals surface area contributed by atoms with E-state index in [0.717, 1.165) is 4.47 Å². The van der Waals surface area contributed by atoms with Crippen LogP contribution < -0.4 is 5.73 Å². The zero-order valence-corrected chi connectivity index (χ0v) is 7.34. The minimum absolute atomic E-state index is 0.252. The van der Waals surface area contributed by atoms with Gasteiger partial charge in [0.25, 0.3) is 0 Å². The second kappa shape index (κ2) is 3.64. The Morgan fingerprint density at radius 3 is 2.36 bits per heavy atom. The number of benzene rings is 1. The first-order chi connectivity index (χ1) is 5.24. The molecule has 2 nitrogen and oxygen atoms in total. The molecular formula is C8H6BrNO. The van der Waals surface area contributed by atoms with Crippen molar-refractivity contribution in [3.05, 3.63) is 34.3 Å². The van der Waals surface area contributed by atoms with Crippen molar-refractivity contribution >= 4 is 21.7 Å². The fourth-order valence-corrected chi connectivity index (χ4v) is 0.991. The van der Waals surface area contributed by atoms with Gasteiger partial charge in [0.05, 0.1) is 6.54 Å². The van der Waals surface area contributed by atoms with Gasteiger partial charge in [-0.25, -0.2) is 0 Å². The lowest BCUT2D eigenvalue weighted by atomic mass is 10.1. The minimum atomic E-state index is -0.429. The van der Waals surface area contributed by atoms with Crippen LogP contribution in [-0.2, 0) is 0 Å². The lowest BCUT2D eigenvalue weighted by Gasteiger charge is -1.95. The number of ketones is 1. The van der Waals surface area contributed by atoms with Gasteiger partial charge in [-0.15, -0.1) is 5.73 Å². The monoisotopic (exact) mass is 211 g/mol. The van der Waals surface area contributed by atoms with Crippen molar-refractivity contribution in [3.8, 4) is 0 Å². The zero-order chi connectivity index (χ0) is 8.27. The zero-order valence-electron chi connectivity index (χ0n) is 5.75. The summed E-state index contributed by atoms with van der Waals surface area (Å²) in [6.07, 6.45) is 0. The molecule has 0 bridgehead atoms. The molecule has 0 aliphatic rings. The third-order valence-electron chi connectivity index (χ3n) is 1.31. The molecule has 0 aromatic heterocycles. The van der Waals surface area contributed by atoms with E-state index in [4.69, 9.17) is 5.73 Å². The number of rotatable bonds is 2. The molecule has 0 amide bonds. The van der Waals surface area contributed by atoms with Crippen LogP contribution in [0.2, 0.25) is 0 Å². The average molecular weight is 212 g/mol. The number of carbonyl (C=O) groups is 1. The number of hydrogen-bond donors (Lipinski definition) is 0. The summed E-state index contributed by atoms with van der Waals surface area (Å²) in [5.74, 6) is -0.252. The smallest absolute Gasteiger partial charge is 0.179 e. The molecule has 1 aromatic rings. The third kappa shape index (κ3) is 2.13. The molecule has 3 heteroatoms. The van der Waals surface area contributed by atoms with Gasteiger partial charge in [-0.05, 0) is 12.1 Å². The van der Waals surface area contributed by atoms with E-state index in [-0.39, 0.29) is 5.78 Å². The summed E-state index contributed by atoms with van der Waals surface area (Å²) in [4.78, 5) is 10.9.